The van der Waals surface area contributed by atoms with Gasteiger partial charge in [0.15, 0.2) is 0 Å². The minimum Gasteiger partial charge on any atom is -0.465 e. The zero-order valence-electron chi connectivity index (χ0n) is 7.91. The molecule has 0 bridgehead atoms. The van der Waals surface area contributed by atoms with Crippen LogP contribution in [-0.4, -0.2) is 13.1 Å². The number of halogens is 1. The summed E-state index contributed by atoms with van der Waals surface area (Å²) >= 11 is 1.13. The number of hydrogen-bond donors (Lipinski definition) is 1. The minimum absolute atomic E-state index is 0.153. The zero-order valence-corrected chi connectivity index (χ0v) is 8.73. The van der Waals surface area contributed by atoms with Gasteiger partial charge < -0.3 is 10.5 Å². The third kappa shape index (κ3) is 1.45. The van der Waals surface area contributed by atoms with E-state index in [1.165, 1.54) is 13.2 Å². The number of nitrogens with two attached hydrogens (primary N) is 1. The average Bonchev–Trinajstić information content (AvgIpc) is 2.56. The first-order valence-corrected chi connectivity index (χ1v) is 5.01. The highest BCUT2D eigenvalue weighted by Gasteiger charge is 2.18. The molecule has 0 amide bonds. The van der Waals surface area contributed by atoms with E-state index in [2.05, 4.69) is 4.74 Å². The van der Waals surface area contributed by atoms with E-state index in [0.717, 1.165) is 11.3 Å². The maximum atomic E-state index is 13.4. The van der Waals surface area contributed by atoms with Crippen molar-refractivity contribution >= 4 is 33.1 Å². The Kier molecular flexibility index (Phi) is 2.32. The van der Waals surface area contributed by atoms with Gasteiger partial charge in [-0.25, -0.2) is 9.18 Å². The molecular weight excluding hydrogens is 217 g/mol. The van der Waals surface area contributed by atoms with Crippen LogP contribution >= 0.6 is 11.3 Å². The summed E-state index contributed by atoms with van der Waals surface area (Å²) in [6.45, 7) is 0. The fraction of sp³-hybridized carbons (Fsp3) is 0.100. The highest BCUT2D eigenvalue weighted by atomic mass is 32.1. The van der Waals surface area contributed by atoms with Crippen molar-refractivity contribution in [2.45, 2.75) is 0 Å². The number of thiophene rings is 1. The second-order valence-electron chi connectivity index (χ2n) is 2.95. The van der Waals surface area contributed by atoms with Crippen molar-refractivity contribution in [3.63, 3.8) is 0 Å². The predicted molar refractivity (Wildman–Crippen MR) is 57.5 cm³/mol. The van der Waals surface area contributed by atoms with Crippen LogP contribution in [0.1, 0.15) is 9.67 Å². The summed E-state index contributed by atoms with van der Waals surface area (Å²) in [4.78, 5) is 11.5. The van der Waals surface area contributed by atoms with Crippen molar-refractivity contribution in [2.24, 2.45) is 0 Å². The van der Waals surface area contributed by atoms with Gasteiger partial charge in [0.1, 0.15) is 10.7 Å². The monoisotopic (exact) mass is 225 g/mol. The standard InChI is InChI=1S/C10H8FNO2S/c1-14-10(13)9-8(12)7-5(11)3-2-4-6(7)15-9/h2-4H,12H2,1H3. The van der Waals surface area contributed by atoms with E-state index >= 15 is 0 Å². The Bertz CT molecular complexity index is 535. The SMILES string of the molecule is COC(=O)c1sc2cccc(F)c2c1N. The lowest BCUT2D eigenvalue weighted by Gasteiger charge is -1.96. The minimum atomic E-state index is -0.534. The van der Waals surface area contributed by atoms with E-state index in [4.69, 9.17) is 5.73 Å². The summed E-state index contributed by atoms with van der Waals surface area (Å²) in [7, 11) is 1.27. The molecule has 1 heterocycles. The Morgan fingerprint density at radius 1 is 1.53 bits per heavy atom. The molecule has 2 rings (SSSR count). The van der Waals surface area contributed by atoms with Crippen molar-refractivity contribution in [3.8, 4) is 0 Å². The first-order valence-electron chi connectivity index (χ1n) is 4.20. The normalized spacial score (nSPS) is 10.5. The fourth-order valence-electron chi connectivity index (χ4n) is 1.37. The van der Waals surface area contributed by atoms with Gasteiger partial charge in [-0.2, -0.15) is 0 Å². The van der Waals surface area contributed by atoms with Crippen molar-refractivity contribution in [2.75, 3.05) is 12.8 Å². The molecule has 0 aliphatic rings. The number of esters is 1. The number of ether oxygens (including phenoxy) is 1. The van der Waals surface area contributed by atoms with Crippen LogP contribution in [0.3, 0.4) is 0 Å². The van der Waals surface area contributed by atoms with Crippen LogP contribution in [0.5, 0.6) is 0 Å². The Labute approximate surface area is 89.3 Å². The molecule has 0 radical (unpaired) electrons. The quantitative estimate of drug-likeness (QED) is 0.758. The highest BCUT2D eigenvalue weighted by molar-refractivity contribution is 7.21. The Morgan fingerprint density at radius 2 is 2.27 bits per heavy atom. The molecule has 15 heavy (non-hydrogen) atoms. The molecule has 0 saturated heterocycles. The zero-order chi connectivity index (χ0) is 11.0. The summed E-state index contributed by atoms with van der Waals surface area (Å²) in [5.41, 5.74) is 5.84. The Balaban J connectivity index is 2.75. The molecular formula is C10H8FNO2S. The number of methoxy groups -OCH3 is 1. The van der Waals surface area contributed by atoms with Gasteiger partial charge >= 0.3 is 5.97 Å². The first kappa shape index (κ1) is 9.92. The molecule has 1 aromatic heterocycles. The van der Waals surface area contributed by atoms with E-state index in [1.54, 1.807) is 12.1 Å². The number of carbonyl (C=O) groups excluding carboxylic acids is 1. The molecule has 0 aliphatic heterocycles. The lowest BCUT2D eigenvalue weighted by molar-refractivity contribution is 0.0607. The molecule has 2 aromatic rings. The summed E-state index contributed by atoms with van der Waals surface area (Å²) in [6, 6.07) is 4.60. The number of anilines is 1. The molecule has 0 saturated carbocycles. The van der Waals surface area contributed by atoms with Gasteiger partial charge in [-0.15, -0.1) is 11.3 Å². The van der Waals surface area contributed by atoms with Gasteiger partial charge in [0, 0.05) is 4.70 Å². The summed E-state index contributed by atoms with van der Waals surface area (Å²) in [6.07, 6.45) is 0. The van der Waals surface area contributed by atoms with E-state index in [9.17, 15) is 9.18 Å². The molecule has 0 atom stereocenters. The number of carbonyl (C=O) groups is 1. The molecule has 3 nitrogen and oxygen atoms in total. The van der Waals surface area contributed by atoms with Crippen LogP contribution in [-0.2, 0) is 4.74 Å². The van der Waals surface area contributed by atoms with E-state index in [0.29, 0.717) is 10.1 Å². The van der Waals surface area contributed by atoms with Crippen LogP contribution in [0.25, 0.3) is 10.1 Å². The molecule has 78 valence electrons. The molecule has 0 unspecified atom stereocenters. The predicted octanol–water partition coefficient (Wildman–Crippen LogP) is 2.41. The van der Waals surface area contributed by atoms with Gasteiger partial charge in [0.05, 0.1) is 18.2 Å². The van der Waals surface area contributed by atoms with Gasteiger partial charge in [0.2, 0.25) is 0 Å². The van der Waals surface area contributed by atoms with Crippen LogP contribution < -0.4 is 5.73 Å². The van der Waals surface area contributed by atoms with E-state index < -0.39 is 11.8 Å². The molecule has 2 N–H and O–H groups in total. The van der Waals surface area contributed by atoms with E-state index in [-0.39, 0.29) is 10.6 Å². The van der Waals surface area contributed by atoms with Gasteiger partial charge in [-0.3, -0.25) is 0 Å². The molecule has 5 heteroatoms. The largest absolute Gasteiger partial charge is 0.465 e. The number of fused-ring (bicyclic) bond motifs is 1. The van der Waals surface area contributed by atoms with E-state index in [1.807, 2.05) is 0 Å². The summed E-state index contributed by atoms with van der Waals surface area (Å²) in [5.74, 6) is -0.954. The molecule has 1 aromatic carbocycles. The van der Waals surface area contributed by atoms with Crippen LogP contribution in [0.4, 0.5) is 10.1 Å². The Hall–Kier alpha value is -1.62. The highest BCUT2D eigenvalue weighted by Crippen LogP contribution is 2.35. The Morgan fingerprint density at radius 3 is 2.87 bits per heavy atom. The van der Waals surface area contributed by atoms with Crippen LogP contribution in [0.15, 0.2) is 18.2 Å². The van der Waals surface area contributed by atoms with Crippen molar-refractivity contribution in [1.29, 1.82) is 0 Å². The molecule has 0 spiro atoms. The number of nitrogen functional groups attached to an aromatic ring is 1. The smallest absolute Gasteiger partial charge is 0.350 e. The number of benzene rings is 1. The molecule has 0 fully saturated rings. The fourth-order valence-corrected chi connectivity index (χ4v) is 2.43. The lowest BCUT2D eigenvalue weighted by Crippen LogP contribution is -2.01. The van der Waals surface area contributed by atoms with Crippen LogP contribution in [0, 0.1) is 5.82 Å². The second-order valence-corrected chi connectivity index (χ2v) is 4.00. The van der Waals surface area contributed by atoms with Gasteiger partial charge in [-0.1, -0.05) is 6.07 Å². The van der Waals surface area contributed by atoms with Gasteiger partial charge in [-0.05, 0) is 12.1 Å². The molecule has 0 aliphatic carbocycles. The third-order valence-corrected chi connectivity index (χ3v) is 3.22. The maximum Gasteiger partial charge on any atom is 0.350 e. The summed E-state index contributed by atoms with van der Waals surface area (Å²) in [5, 5.41) is 0.294. The second kappa shape index (κ2) is 3.51. The van der Waals surface area contributed by atoms with Crippen molar-refractivity contribution < 1.29 is 13.9 Å². The van der Waals surface area contributed by atoms with Crippen molar-refractivity contribution in [3.05, 3.63) is 28.9 Å². The number of hydrogen-bond acceptors (Lipinski definition) is 4. The topological polar surface area (TPSA) is 52.3 Å². The van der Waals surface area contributed by atoms with Crippen LogP contribution in [0.2, 0.25) is 0 Å². The summed E-state index contributed by atoms with van der Waals surface area (Å²) < 4.78 is 18.6. The lowest BCUT2D eigenvalue weighted by atomic mass is 10.2. The average molecular weight is 225 g/mol. The van der Waals surface area contributed by atoms with Gasteiger partial charge in [0.25, 0.3) is 0 Å². The number of rotatable bonds is 1. The maximum absolute atomic E-state index is 13.4. The first-order chi connectivity index (χ1) is 7.15. The van der Waals surface area contributed by atoms with Crippen molar-refractivity contribution in [1.82, 2.24) is 0 Å². The third-order valence-electron chi connectivity index (χ3n) is 2.07.